The van der Waals surface area contributed by atoms with Gasteiger partial charge in [-0.25, -0.2) is 14.0 Å². The molecule has 1 saturated heterocycles. The predicted molar refractivity (Wildman–Crippen MR) is 175 cm³/mol. The molecule has 6 rings (SSSR count). The van der Waals surface area contributed by atoms with Gasteiger partial charge in [-0.1, -0.05) is 6.07 Å². The quantitative estimate of drug-likeness (QED) is 0.174. The number of hydrogen-bond acceptors (Lipinski definition) is 7. The van der Waals surface area contributed by atoms with Crippen LogP contribution >= 0.6 is 0 Å². The van der Waals surface area contributed by atoms with E-state index in [4.69, 9.17) is 0 Å². The standard InChI is InChI=1S/C34H39FN6O5/c1-18-6-9-22(13-19(18)2)37-28-16-29(42)41(34(46)39-28)11-4-5-27(40-12-10-36-20(3)17-40)23-15-26-24(14-25(23)35)32(43)30(33(44)45)31(38-26)21-7-8-21/h6,9,13-16,20-21,27,36-37H,4-5,7-8,10-12,17H2,1-3H3,(H,38,43)(H,39,46)(H,44,45)/t20?,27-/m0/s1. The summed E-state index contributed by atoms with van der Waals surface area (Å²) in [6.07, 6.45) is 2.43. The van der Waals surface area contributed by atoms with Gasteiger partial charge in [0.25, 0.3) is 5.56 Å². The van der Waals surface area contributed by atoms with Gasteiger partial charge in [0, 0.05) is 72.6 Å². The van der Waals surface area contributed by atoms with Crippen molar-refractivity contribution in [3.63, 3.8) is 0 Å². The molecule has 2 aromatic heterocycles. The molecule has 12 heteroatoms. The molecule has 3 heterocycles. The number of aromatic amines is 2. The molecule has 0 radical (unpaired) electrons. The van der Waals surface area contributed by atoms with Crippen LogP contribution in [-0.4, -0.2) is 56.2 Å². The monoisotopic (exact) mass is 630 g/mol. The summed E-state index contributed by atoms with van der Waals surface area (Å²) in [6, 6.07) is 9.67. The number of aromatic nitrogens is 3. The summed E-state index contributed by atoms with van der Waals surface area (Å²) in [4.78, 5) is 59.2. The first-order valence-electron chi connectivity index (χ1n) is 15.8. The van der Waals surface area contributed by atoms with Crippen LogP contribution in [0.5, 0.6) is 0 Å². The summed E-state index contributed by atoms with van der Waals surface area (Å²) in [5.41, 5.74) is 2.16. The molecule has 1 unspecified atom stereocenters. The smallest absolute Gasteiger partial charge is 0.341 e. The zero-order valence-electron chi connectivity index (χ0n) is 26.2. The Morgan fingerprint density at radius 3 is 2.54 bits per heavy atom. The Morgan fingerprint density at radius 1 is 1.09 bits per heavy atom. The average molecular weight is 631 g/mol. The number of benzene rings is 2. The first kappa shape index (κ1) is 31.4. The summed E-state index contributed by atoms with van der Waals surface area (Å²) in [5, 5.41) is 16.2. The van der Waals surface area contributed by atoms with Gasteiger partial charge in [-0.15, -0.1) is 0 Å². The fraction of sp³-hybridized carbons (Fsp3) is 0.412. The second-order valence-electron chi connectivity index (χ2n) is 12.7. The number of carboxylic acids is 1. The Hall–Kier alpha value is -4.55. The Labute approximate surface area is 264 Å². The third kappa shape index (κ3) is 6.40. The lowest BCUT2D eigenvalue weighted by Crippen LogP contribution is -2.50. The van der Waals surface area contributed by atoms with E-state index < -0.39 is 34.5 Å². The van der Waals surface area contributed by atoms with Crippen LogP contribution in [0.4, 0.5) is 15.9 Å². The van der Waals surface area contributed by atoms with E-state index in [0.717, 1.165) is 40.3 Å². The summed E-state index contributed by atoms with van der Waals surface area (Å²) >= 11 is 0. The lowest BCUT2D eigenvalue weighted by molar-refractivity contribution is 0.0694. The fourth-order valence-electron chi connectivity index (χ4n) is 6.49. The van der Waals surface area contributed by atoms with Gasteiger partial charge in [0.1, 0.15) is 17.2 Å². The Balaban J connectivity index is 1.28. The van der Waals surface area contributed by atoms with Crippen molar-refractivity contribution in [3.8, 4) is 0 Å². The summed E-state index contributed by atoms with van der Waals surface area (Å²) < 4.78 is 17.0. The van der Waals surface area contributed by atoms with Gasteiger partial charge in [0.05, 0.1) is 5.52 Å². The van der Waals surface area contributed by atoms with Gasteiger partial charge in [-0.3, -0.25) is 24.0 Å². The number of halogens is 1. The maximum absolute atomic E-state index is 15.9. The van der Waals surface area contributed by atoms with Crippen LogP contribution in [0, 0.1) is 19.7 Å². The van der Waals surface area contributed by atoms with Crippen molar-refractivity contribution in [2.75, 3.05) is 25.0 Å². The van der Waals surface area contributed by atoms with Crippen molar-refractivity contribution in [1.29, 1.82) is 0 Å². The number of nitrogens with one attached hydrogen (secondary N) is 4. The first-order valence-corrected chi connectivity index (χ1v) is 15.8. The number of nitrogens with zero attached hydrogens (tertiary/aromatic N) is 2. The van der Waals surface area contributed by atoms with E-state index in [1.165, 1.54) is 6.07 Å². The van der Waals surface area contributed by atoms with E-state index in [9.17, 15) is 24.3 Å². The van der Waals surface area contributed by atoms with Crippen LogP contribution in [0.1, 0.15) is 77.3 Å². The molecule has 1 aliphatic heterocycles. The number of aryl methyl sites for hydroxylation is 2. The minimum Gasteiger partial charge on any atom is -0.477 e. The number of pyridine rings is 1. The lowest BCUT2D eigenvalue weighted by Gasteiger charge is -2.38. The number of aromatic carboxylic acids is 1. The van der Waals surface area contributed by atoms with Crippen molar-refractivity contribution in [1.82, 2.24) is 24.8 Å². The van der Waals surface area contributed by atoms with Crippen LogP contribution in [0.15, 0.2) is 50.8 Å². The highest BCUT2D eigenvalue weighted by atomic mass is 19.1. The number of piperazine rings is 1. The van der Waals surface area contributed by atoms with Crippen LogP contribution < -0.4 is 27.3 Å². The highest BCUT2D eigenvalue weighted by Crippen LogP contribution is 2.41. The van der Waals surface area contributed by atoms with E-state index in [0.29, 0.717) is 55.1 Å². The molecule has 0 amide bonds. The minimum atomic E-state index is -1.32. The number of H-pyrrole nitrogens is 2. The molecule has 242 valence electrons. The van der Waals surface area contributed by atoms with E-state index in [2.05, 4.69) is 32.4 Å². The first-order chi connectivity index (χ1) is 22.0. The van der Waals surface area contributed by atoms with Crippen molar-refractivity contribution in [2.45, 2.75) is 71.0 Å². The van der Waals surface area contributed by atoms with Crippen molar-refractivity contribution in [2.24, 2.45) is 0 Å². The van der Waals surface area contributed by atoms with Gasteiger partial charge < -0.3 is 20.7 Å². The van der Waals surface area contributed by atoms with Crippen LogP contribution in [0.25, 0.3) is 10.9 Å². The summed E-state index contributed by atoms with van der Waals surface area (Å²) in [5.74, 6) is -1.64. The normalized spacial score (nSPS) is 17.7. The van der Waals surface area contributed by atoms with E-state index >= 15 is 4.39 Å². The van der Waals surface area contributed by atoms with Crippen molar-refractivity contribution >= 4 is 28.4 Å². The molecule has 46 heavy (non-hydrogen) atoms. The zero-order chi connectivity index (χ0) is 32.7. The van der Waals surface area contributed by atoms with Crippen LogP contribution in [-0.2, 0) is 6.54 Å². The molecular weight excluding hydrogens is 591 g/mol. The maximum atomic E-state index is 15.9. The number of carboxylic acid groups (broad SMARTS) is 1. The number of rotatable bonds is 10. The SMILES string of the molecule is Cc1ccc(Nc2cc(=O)n(CCC[C@@H](c3cc4[nH]c(C5CC5)c(C(=O)O)c(=O)c4cc3F)N3CCNC(C)C3)c(=O)[nH]2)cc1C. The Kier molecular flexibility index (Phi) is 8.67. The third-order valence-corrected chi connectivity index (χ3v) is 9.21. The second kappa shape index (κ2) is 12.7. The fourth-order valence-corrected chi connectivity index (χ4v) is 6.49. The highest BCUT2D eigenvalue weighted by molar-refractivity contribution is 5.94. The molecular formula is C34H39FN6O5. The molecule has 0 bridgehead atoms. The minimum absolute atomic E-state index is 0.00284. The number of hydrogen-bond donors (Lipinski definition) is 5. The molecule has 1 aliphatic carbocycles. The van der Waals surface area contributed by atoms with Crippen LogP contribution in [0.3, 0.4) is 0 Å². The van der Waals surface area contributed by atoms with Gasteiger partial charge in [-0.2, -0.15) is 0 Å². The molecule has 1 saturated carbocycles. The molecule has 2 aliphatic rings. The number of fused-ring (bicyclic) bond motifs is 1. The van der Waals surface area contributed by atoms with Gasteiger partial charge in [0.15, 0.2) is 0 Å². The van der Waals surface area contributed by atoms with Crippen LogP contribution in [0.2, 0.25) is 0 Å². The van der Waals surface area contributed by atoms with E-state index in [1.54, 1.807) is 6.07 Å². The molecule has 11 nitrogen and oxygen atoms in total. The van der Waals surface area contributed by atoms with Crippen molar-refractivity contribution in [3.05, 3.63) is 101 Å². The predicted octanol–water partition coefficient (Wildman–Crippen LogP) is 4.27. The molecule has 4 aromatic rings. The third-order valence-electron chi connectivity index (χ3n) is 9.21. The maximum Gasteiger partial charge on any atom is 0.341 e. The highest BCUT2D eigenvalue weighted by Gasteiger charge is 2.33. The van der Waals surface area contributed by atoms with Crippen molar-refractivity contribution < 1.29 is 14.3 Å². The van der Waals surface area contributed by atoms with Gasteiger partial charge in [-0.05, 0) is 81.8 Å². The number of carbonyl (C=O) groups is 1. The Morgan fingerprint density at radius 2 is 1.87 bits per heavy atom. The van der Waals surface area contributed by atoms with E-state index in [-0.39, 0.29) is 29.5 Å². The lowest BCUT2D eigenvalue weighted by atomic mass is 9.95. The number of anilines is 2. The topological polar surface area (TPSA) is 152 Å². The second-order valence-corrected chi connectivity index (χ2v) is 12.7. The van der Waals surface area contributed by atoms with Gasteiger partial charge in [0.2, 0.25) is 5.43 Å². The summed E-state index contributed by atoms with van der Waals surface area (Å²) in [7, 11) is 0. The molecule has 2 aromatic carbocycles. The summed E-state index contributed by atoms with van der Waals surface area (Å²) in [6.45, 7) is 8.21. The molecule has 2 atom stereocenters. The molecule has 2 fully saturated rings. The Bertz CT molecular complexity index is 1960. The zero-order valence-corrected chi connectivity index (χ0v) is 26.2. The molecule has 5 N–H and O–H groups in total. The molecule has 0 spiro atoms. The van der Waals surface area contributed by atoms with Gasteiger partial charge >= 0.3 is 11.7 Å². The average Bonchev–Trinajstić information content (AvgIpc) is 3.84. The largest absolute Gasteiger partial charge is 0.477 e. The van der Waals surface area contributed by atoms with E-state index in [1.807, 2.05) is 32.0 Å².